The van der Waals surface area contributed by atoms with Crippen molar-refractivity contribution in [1.82, 2.24) is 4.90 Å². The summed E-state index contributed by atoms with van der Waals surface area (Å²) in [4.78, 5) is 27.0. The Morgan fingerprint density at radius 2 is 2.21 bits per heavy atom. The molecule has 2 aromatic rings. The monoisotopic (exact) mass is 347 g/mol. The first-order chi connectivity index (χ1) is 11.4. The van der Waals surface area contributed by atoms with Gasteiger partial charge in [-0.3, -0.25) is 9.59 Å². The van der Waals surface area contributed by atoms with Crippen molar-refractivity contribution in [3.8, 4) is 0 Å². The zero-order chi connectivity index (χ0) is 17.1. The molecule has 4 rings (SSSR count). The summed E-state index contributed by atoms with van der Waals surface area (Å²) in [6, 6.07) is 4.54. The van der Waals surface area contributed by atoms with Gasteiger partial charge in [-0.15, -0.1) is 11.3 Å². The number of amides is 1. The maximum Gasteiger partial charge on any atom is 0.311 e. The fourth-order valence-corrected chi connectivity index (χ4v) is 5.54. The Labute approximate surface area is 142 Å². The van der Waals surface area contributed by atoms with Gasteiger partial charge in [-0.05, 0) is 48.8 Å². The molecule has 0 spiro atoms. The highest BCUT2D eigenvalue weighted by atomic mass is 32.1. The molecule has 1 amide bonds. The van der Waals surface area contributed by atoms with Crippen LogP contribution in [-0.4, -0.2) is 35.0 Å². The smallest absolute Gasteiger partial charge is 0.311 e. The predicted octanol–water partition coefficient (Wildman–Crippen LogP) is 3.68. The SMILES string of the molecule is Cc1c(C(=O)N2C[C@@H]3CCC[C@@]3(C(=O)O)C2)sc2cc(F)ccc12. The van der Waals surface area contributed by atoms with Crippen LogP contribution in [0.3, 0.4) is 0 Å². The van der Waals surface area contributed by atoms with Crippen LogP contribution >= 0.6 is 11.3 Å². The van der Waals surface area contributed by atoms with E-state index in [2.05, 4.69) is 0 Å². The third-order valence-corrected chi connectivity index (χ3v) is 6.92. The van der Waals surface area contributed by atoms with E-state index in [1.54, 1.807) is 11.0 Å². The fourth-order valence-electron chi connectivity index (χ4n) is 4.34. The molecule has 1 saturated heterocycles. The minimum Gasteiger partial charge on any atom is -0.481 e. The van der Waals surface area contributed by atoms with Crippen LogP contribution in [0, 0.1) is 24.1 Å². The molecule has 6 heteroatoms. The zero-order valence-electron chi connectivity index (χ0n) is 13.3. The second-order valence-corrected chi connectivity index (χ2v) is 7.98. The molecule has 2 fully saturated rings. The molecule has 0 bridgehead atoms. The van der Waals surface area contributed by atoms with Crippen LogP contribution in [0.15, 0.2) is 18.2 Å². The highest BCUT2D eigenvalue weighted by molar-refractivity contribution is 7.21. The Hall–Kier alpha value is -1.95. The number of hydrogen-bond acceptors (Lipinski definition) is 3. The van der Waals surface area contributed by atoms with Gasteiger partial charge in [-0.2, -0.15) is 0 Å². The molecule has 4 nitrogen and oxygen atoms in total. The lowest BCUT2D eigenvalue weighted by Gasteiger charge is -2.23. The summed E-state index contributed by atoms with van der Waals surface area (Å²) in [5.74, 6) is -1.17. The number of carbonyl (C=O) groups excluding carboxylic acids is 1. The molecule has 2 atom stereocenters. The largest absolute Gasteiger partial charge is 0.481 e. The lowest BCUT2D eigenvalue weighted by molar-refractivity contribution is -0.149. The van der Waals surface area contributed by atoms with Gasteiger partial charge in [-0.1, -0.05) is 12.5 Å². The number of nitrogens with zero attached hydrogens (tertiary/aromatic N) is 1. The molecule has 1 aliphatic heterocycles. The Morgan fingerprint density at radius 3 is 2.92 bits per heavy atom. The van der Waals surface area contributed by atoms with Crippen LogP contribution in [0.5, 0.6) is 0 Å². The van der Waals surface area contributed by atoms with Crippen molar-refractivity contribution in [3.63, 3.8) is 0 Å². The zero-order valence-corrected chi connectivity index (χ0v) is 14.2. The van der Waals surface area contributed by atoms with Crippen LogP contribution in [0.4, 0.5) is 4.39 Å². The van der Waals surface area contributed by atoms with Gasteiger partial charge < -0.3 is 10.0 Å². The Morgan fingerprint density at radius 1 is 1.42 bits per heavy atom. The van der Waals surface area contributed by atoms with Crippen molar-refractivity contribution in [1.29, 1.82) is 0 Å². The van der Waals surface area contributed by atoms with E-state index in [1.165, 1.54) is 23.5 Å². The molecule has 0 unspecified atom stereocenters. The summed E-state index contributed by atoms with van der Waals surface area (Å²) in [7, 11) is 0. The number of carboxylic acids is 1. The first kappa shape index (κ1) is 15.6. The Kier molecular flexibility index (Phi) is 3.42. The van der Waals surface area contributed by atoms with Gasteiger partial charge in [-0.25, -0.2) is 4.39 Å². The molecule has 0 radical (unpaired) electrons. The molecule has 1 saturated carbocycles. The van der Waals surface area contributed by atoms with E-state index >= 15 is 0 Å². The van der Waals surface area contributed by atoms with Gasteiger partial charge in [0.05, 0.1) is 10.3 Å². The number of aliphatic carboxylic acids is 1. The molecule has 1 N–H and O–H groups in total. The van der Waals surface area contributed by atoms with E-state index in [0.29, 0.717) is 17.8 Å². The second kappa shape index (κ2) is 5.28. The Bertz CT molecular complexity index is 861. The molecule has 2 heterocycles. The van der Waals surface area contributed by atoms with E-state index in [4.69, 9.17) is 0 Å². The quantitative estimate of drug-likeness (QED) is 0.902. The third-order valence-electron chi connectivity index (χ3n) is 5.68. The molecule has 1 aromatic carbocycles. The topological polar surface area (TPSA) is 57.6 Å². The first-order valence-corrected chi connectivity index (χ1v) is 8.95. The summed E-state index contributed by atoms with van der Waals surface area (Å²) < 4.78 is 14.2. The van der Waals surface area contributed by atoms with E-state index in [1.807, 2.05) is 6.92 Å². The van der Waals surface area contributed by atoms with Crippen molar-refractivity contribution in [2.24, 2.45) is 11.3 Å². The van der Waals surface area contributed by atoms with Crippen molar-refractivity contribution in [2.75, 3.05) is 13.1 Å². The van der Waals surface area contributed by atoms with Crippen LogP contribution in [0.25, 0.3) is 10.1 Å². The number of likely N-dealkylation sites (tertiary alicyclic amines) is 1. The number of aryl methyl sites for hydroxylation is 1. The summed E-state index contributed by atoms with van der Waals surface area (Å²) in [5, 5.41) is 10.6. The molecule has 24 heavy (non-hydrogen) atoms. The first-order valence-electron chi connectivity index (χ1n) is 8.14. The van der Waals surface area contributed by atoms with Gasteiger partial charge in [0.25, 0.3) is 5.91 Å². The molecular weight excluding hydrogens is 329 g/mol. The van der Waals surface area contributed by atoms with Gasteiger partial charge in [0, 0.05) is 17.8 Å². The van der Waals surface area contributed by atoms with Crippen LogP contribution in [0.2, 0.25) is 0 Å². The molecule has 1 aromatic heterocycles. The molecule has 2 aliphatic rings. The number of thiophene rings is 1. The van der Waals surface area contributed by atoms with Crippen molar-refractivity contribution in [2.45, 2.75) is 26.2 Å². The van der Waals surface area contributed by atoms with E-state index in [9.17, 15) is 19.1 Å². The number of carboxylic acid groups (broad SMARTS) is 1. The number of hydrogen-bond donors (Lipinski definition) is 1. The lowest BCUT2D eigenvalue weighted by atomic mass is 9.81. The number of carbonyl (C=O) groups is 2. The third kappa shape index (κ3) is 2.09. The summed E-state index contributed by atoms with van der Waals surface area (Å²) in [6.45, 7) is 2.66. The van der Waals surface area contributed by atoms with E-state index in [-0.39, 0.29) is 24.2 Å². The number of rotatable bonds is 2. The highest BCUT2D eigenvalue weighted by Crippen LogP contribution is 2.49. The predicted molar refractivity (Wildman–Crippen MR) is 89.8 cm³/mol. The summed E-state index contributed by atoms with van der Waals surface area (Å²) in [6.07, 6.45) is 2.43. The number of benzene rings is 1. The Balaban J connectivity index is 1.68. The van der Waals surface area contributed by atoms with Crippen LogP contribution in [-0.2, 0) is 4.79 Å². The second-order valence-electron chi connectivity index (χ2n) is 6.93. The molecular formula is C18H18FNO3S. The van der Waals surface area contributed by atoms with E-state index < -0.39 is 11.4 Å². The molecule has 1 aliphatic carbocycles. The van der Waals surface area contributed by atoms with Crippen LogP contribution < -0.4 is 0 Å². The fraction of sp³-hybridized carbons (Fsp3) is 0.444. The van der Waals surface area contributed by atoms with E-state index in [0.717, 1.165) is 28.5 Å². The highest BCUT2D eigenvalue weighted by Gasteiger charge is 2.56. The van der Waals surface area contributed by atoms with Gasteiger partial charge in [0.2, 0.25) is 0 Å². The standard InChI is InChI=1S/C18H18FNO3S/c1-10-13-5-4-12(19)7-14(13)24-15(10)16(21)20-8-11-3-2-6-18(11,9-20)17(22)23/h4-5,7,11H,2-3,6,8-9H2,1H3,(H,22,23)/t11-,18+/m0/s1. The minimum atomic E-state index is -0.782. The number of fused-ring (bicyclic) bond motifs is 2. The van der Waals surface area contributed by atoms with Crippen molar-refractivity contribution in [3.05, 3.63) is 34.5 Å². The average Bonchev–Trinajstić information content (AvgIpc) is 3.17. The maximum absolute atomic E-state index is 13.4. The lowest BCUT2D eigenvalue weighted by Crippen LogP contribution is -2.37. The summed E-state index contributed by atoms with van der Waals surface area (Å²) >= 11 is 1.29. The molecule has 126 valence electrons. The normalized spacial score (nSPS) is 26.1. The van der Waals surface area contributed by atoms with Gasteiger partial charge in [0.1, 0.15) is 5.82 Å². The maximum atomic E-state index is 13.4. The number of halogens is 1. The van der Waals surface area contributed by atoms with Crippen molar-refractivity contribution < 1.29 is 19.1 Å². The van der Waals surface area contributed by atoms with Crippen molar-refractivity contribution >= 4 is 33.3 Å². The van der Waals surface area contributed by atoms with Gasteiger partial charge in [0.15, 0.2) is 0 Å². The average molecular weight is 347 g/mol. The van der Waals surface area contributed by atoms with Crippen LogP contribution in [0.1, 0.15) is 34.5 Å². The minimum absolute atomic E-state index is 0.0473. The summed E-state index contributed by atoms with van der Waals surface area (Å²) in [5.41, 5.74) is 0.0771. The van der Waals surface area contributed by atoms with Gasteiger partial charge >= 0.3 is 5.97 Å².